The molecule has 3 rings (SSSR count). The zero-order valence-corrected chi connectivity index (χ0v) is 13.5. The molecule has 0 aliphatic heterocycles. The molecular weight excluding hydrogens is 258 g/mol. The Bertz CT molecular complexity index is 427. The van der Waals surface area contributed by atoms with Crippen LogP contribution in [0.25, 0.3) is 0 Å². The Hall–Kier alpha value is -1.02. The van der Waals surface area contributed by atoms with Crippen LogP contribution in [0.3, 0.4) is 0 Å². The summed E-state index contributed by atoms with van der Waals surface area (Å²) in [5.41, 5.74) is 1.47. The number of hydrogen-bond acceptors (Lipinski definition) is 2. The molecule has 2 aliphatic rings. The summed E-state index contributed by atoms with van der Waals surface area (Å²) in [7, 11) is 1.73. The van der Waals surface area contributed by atoms with Gasteiger partial charge in [-0.3, -0.25) is 0 Å². The summed E-state index contributed by atoms with van der Waals surface area (Å²) >= 11 is 0. The van der Waals surface area contributed by atoms with Crippen molar-refractivity contribution in [1.82, 2.24) is 5.32 Å². The van der Waals surface area contributed by atoms with Gasteiger partial charge in [-0.05, 0) is 67.7 Å². The second kappa shape index (κ2) is 6.83. The third-order valence-electron chi connectivity index (χ3n) is 5.56. The van der Waals surface area contributed by atoms with Crippen LogP contribution < -0.4 is 10.1 Å². The minimum absolute atomic E-state index is 0.747. The van der Waals surface area contributed by atoms with Gasteiger partial charge < -0.3 is 10.1 Å². The highest BCUT2D eigenvalue weighted by Gasteiger charge is 2.30. The van der Waals surface area contributed by atoms with E-state index in [1.807, 2.05) is 0 Å². The molecule has 0 bridgehead atoms. The molecule has 0 aromatic heterocycles. The van der Waals surface area contributed by atoms with Crippen LogP contribution in [0.1, 0.15) is 56.9 Å². The minimum atomic E-state index is 0.747. The average molecular weight is 287 g/mol. The van der Waals surface area contributed by atoms with Crippen molar-refractivity contribution >= 4 is 0 Å². The normalized spacial score (nSPS) is 32.5. The molecule has 2 nitrogen and oxygen atoms in total. The highest BCUT2D eigenvalue weighted by atomic mass is 16.5. The fourth-order valence-electron chi connectivity index (χ4n) is 3.80. The Morgan fingerprint density at radius 3 is 2.33 bits per heavy atom. The fourth-order valence-corrected chi connectivity index (χ4v) is 3.80. The van der Waals surface area contributed by atoms with Crippen molar-refractivity contribution in [2.24, 2.45) is 11.8 Å². The molecule has 0 amide bonds. The van der Waals surface area contributed by atoms with Gasteiger partial charge in [0.1, 0.15) is 5.75 Å². The Morgan fingerprint density at radius 1 is 1.05 bits per heavy atom. The van der Waals surface area contributed by atoms with E-state index in [1.165, 1.54) is 50.6 Å². The standard InChI is InChI=1S/C19H29NO/c1-14-3-5-15(6-4-14)13-20-18-11-17(12-18)16-7-9-19(21-2)10-8-16/h7-10,14-15,17-18,20H,3-6,11-13H2,1-2H3. The van der Waals surface area contributed by atoms with Crippen LogP contribution in [0.5, 0.6) is 5.75 Å². The lowest BCUT2D eigenvalue weighted by molar-refractivity contribution is 0.236. The maximum atomic E-state index is 5.22. The fraction of sp³-hybridized carbons (Fsp3) is 0.684. The number of nitrogens with one attached hydrogen (secondary N) is 1. The SMILES string of the molecule is COc1ccc(C2CC(NCC3CCC(C)CC3)C2)cc1. The molecule has 0 spiro atoms. The van der Waals surface area contributed by atoms with E-state index >= 15 is 0 Å². The molecule has 0 heterocycles. The van der Waals surface area contributed by atoms with E-state index in [0.717, 1.165) is 29.5 Å². The first kappa shape index (κ1) is 14.9. The maximum Gasteiger partial charge on any atom is 0.118 e. The Morgan fingerprint density at radius 2 is 1.71 bits per heavy atom. The molecule has 1 aromatic carbocycles. The lowest BCUT2D eigenvalue weighted by atomic mass is 9.75. The summed E-state index contributed by atoms with van der Waals surface area (Å²) < 4.78 is 5.22. The summed E-state index contributed by atoms with van der Waals surface area (Å²) in [6.45, 7) is 3.64. The van der Waals surface area contributed by atoms with E-state index in [1.54, 1.807) is 7.11 Å². The quantitative estimate of drug-likeness (QED) is 0.869. The van der Waals surface area contributed by atoms with Crippen LogP contribution in [0.4, 0.5) is 0 Å². The summed E-state index contributed by atoms with van der Waals surface area (Å²) in [6, 6.07) is 9.36. The molecule has 2 aliphatic carbocycles. The van der Waals surface area contributed by atoms with Crippen LogP contribution >= 0.6 is 0 Å². The van der Waals surface area contributed by atoms with Gasteiger partial charge in [-0.1, -0.05) is 31.9 Å². The van der Waals surface area contributed by atoms with Gasteiger partial charge in [-0.25, -0.2) is 0 Å². The third-order valence-corrected chi connectivity index (χ3v) is 5.56. The number of benzene rings is 1. The number of rotatable bonds is 5. The lowest BCUT2D eigenvalue weighted by Gasteiger charge is -2.38. The minimum Gasteiger partial charge on any atom is -0.497 e. The smallest absolute Gasteiger partial charge is 0.118 e. The first-order valence-electron chi connectivity index (χ1n) is 8.62. The summed E-state index contributed by atoms with van der Waals surface area (Å²) in [4.78, 5) is 0. The molecule has 2 saturated carbocycles. The largest absolute Gasteiger partial charge is 0.497 e. The maximum absolute atomic E-state index is 5.22. The van der Waals surface area contributed by atoms with Crippen LogP contribution in [0.15, 0.2) is 24.3 Å². The van der Waals surface area contributed by atoms with Crippen LogP contribution in [0, 0.1) is 11.8 Å². The van der Waals surface area contributed by atoms with E-state index in [4.69, 9.17) is 4.74 Å². The Labute approximate surface area is 129 Å². The van der Waals surface area contributed by atoms with Gasteiger partial charge in [-0.15, -0.1) is 0 Å². The molecular formula is C19H29NO. The molecule has 2 fully saturated rings. The van der Waals surface area contributed by atoms with Crippen molar-refractivity contribution < 1.29 is 4.74 Å². The molecule has 2 heteroatoms. The van der Waals surface area contributed by atoms with Gasteiger partial charge in [0.2, 0.25) is 0 Å². The summed E-state index contributed by atoms with van der Waals surface area (Å²) in [5, 5.41) is 3.80. The van der Waals surface area contributed by atoms with E-state index in [0.29, 0.717) is 0 Å². The second-order valence-electron chi connectivity index (χ2n) is 7.17. The van der Waals surface area contributed by atoms with E-state index < -0.39 is 0 Å². The molecule has 116 valence electrons. The van der Waals surface area contributed by atoms with Crippen molar-refractivity contribution in [2.75, 3.05) is 13.7 Å². The highest BCUT2D eigenvalue weighted by molar-refractivity contribution is 5.30. The van der Waals surface area contributed by atoms with Crippen molar-refractivity contribution in [1.29, 1.82) is 0 Å². The van der Waals surface area contributed by atoms with Gasteiger partial charge in [-0.2, -0.15) is 0 Å². The summed E-state index contributed by atoms with van der Waals surface area (Å²) in [5.74, 6) is 3.60. The van der Waals surface area contributed by atoms with E-state index in [-0.39, 0.29) is 0 Å². The molecule has 21 heavy (non-hydrogen) atoms. The highest BCUT2D eigenvalue weighted by Crippen LogP contribution is 2.37. The van der Waals surface area contributed by atoms with Gasteiger partial charge >= 0.3 is 0 Å². The summed E-state index contributed by atoms with van der Waals surface area (Å²) in [6.07, 6.45) is 8.34. The van der Waals surface area contributed by atoms with Crippen molar-refractivity contribution in [3.8, 4) is 5.75 Å². The monoisotopic (exact) mass is 287 g/mol. The first-order chi connectivity index (χ1) is 10.2. The van der Waals surface area contributed by atoms with E-state index in [9.17, 15) is 0 Å². The topological polar surface area (TPSA) is 21.3 Å². The van der Waals surface area contributed by atoms with Crippen LogP contribution in [-0.2, 0) is 0 Å². The van der Waals surface area contributed by atoms with Crippen LogP contribution in [-0.4, -0.2) is 19.7 Å². The second-order valence-corrected chi connectivity index (χ2v) is 7.17. The Kier molecular flexibility index (Phi) is 4.84. The zero-order chi connectivity index (χ0) is 14.7. The molecule has 0 radical (unpaired) electrons. The van der Waals surface area contributed by atoms with Crippen molar-refractivity contribution in [3.05, 3.63) is 29.8 Å². The van der Waals surface area contributed by atoms with Crippen molar-refractivity contribution in [3.63, 3.8) is 0 Å². The molecule has 0 atom stereocenters. The average Bonchev–Trinajstić information content (AvgIpc) is 2.48. The predicted molar refractivity (Wildman–Crippen MR) is 87.9 cm³/mol. The first-order valence-corrected chi connectivity index (χ1v) is 8.62. The zero-order valence-electron chi connectivity index (χ0n) is 13.5. The number of methoxy groups -OCH3 is 1. The molecule has 0 saturated heterocycles. The van der Waals surface area contributed by atoms with Gasteiger partial charge in [0.05, 0.1) is 7.11 Å². The van der Waals surface area contributed by atoms with Crippen LogP contribution in [0.2, 0.25) is 0 Å². The molecule has 1 N–H and O–H groups in total. The number of hydrogen-bond donors (Lipinski definition) is 1. The van der Waals surface area contributed by atoms with Gasteiger partial charge in [0.15, 0.2) is 0 Å². The van der Waals surface area contributed by atoms with Gasteiger partial charge in [0, 0.05) is 6.04 Å². The van der Waals surface area contributed by atoms with E-state index in [2.05, 4.69) is 36.5 Å². The lowest BCUT2D eigenvalue weighted by Crippen LogP contribution is -2.42. The molecule has 1 aromatic rings. The van der Waals surface area contributed by atoms with Gasteiger partial charge in [0.25, 0.3) is 0 Å². The Balaban J connectivity index is 1.37. The van der Waals surface area contributed by atoms with Crippen molar-refractivity contribution in [2.45, 2.75) is 57.4 Å². The predicted octanol–water partition coefficient (Wildman–Crippen LogP) is 4.36. The number of ether oxygens (including phenoxy) is 1. The molecule has 0 unspecified atom stereocenters. The third kappa shape index (κ3) is 3.79.